The molecule has 3 rings (SSSR count). The average Bonchev–Trinajstić information content (AvgIpc) is 2.60. The zero-order valence-corrected chi connectivity index (χ0v) is 13.5. The van der Waals surface area contributed by atoms with Gasteiger partial charge >= 0.3 is 5.97 Å². The summed E-state index contributed by atoms with van der Waals surface area (Å²) >= 11 is 0. The van der Waals surface area contributed by atoms with Crippen molar-refractivity contribution in [2.24, 2.45) is 11.8 Å². The molecule has 2 unspecified atom stereocenters. The molecule has 1 amide bonds. The van der Waals surface area contributed by atoms with Crippen LogP contribution in [0, 0.1) is 11.8 Å². The Kier molecular flexibility index (Phi) is 4.55. The Balaban J connectivity index is 1.70. The van der Waals surface area contributed by atoms with E-state index in [-0.39, 0.29) is 17.7 Å². The minimum atomic E-state index is -0.767. The molecule has 1 aromatic carbocycles. The van der Waals surface area contributed by atoms with Crippen molar-refractivity contribution >= 4 is 11.9 Å². The molecule has 124 valence electrons. The van der Waals surface area contributed by atoms with Gasteiger partial charge in [-0.3, -0.25) is 9.59 Å². The van der Waals surface area contributed by atoms with E-state index in [1.165, 1.54) is 5.56 Å². The van der Waals surface area contributed by atoms with E-state index in [0.29, 0.717) is 25.9 Å². The third-order valence-corrected chi connectivity index (χ3v) is 5.11. The van der Waals surface area contributed by atoms with E-state index in [0.717, 1.165) is 30.6 Å². The number of benzene rings is 1. The zero-order chi connectivity index (χ0) is 16.4. The van der Waals surface area contributed by atoms with Gasteiger partial charge in [0.2, 0.25) is 5.91 Å². The Morgan fingerprint density at radius 2 is 2.00 bits per heavy atom. The van der Waals surface area contributed by atoms with E-state index in [2.05, 4.69) is 6.07 Å². The van der Waals surface area contributed by atoms with Gasteiger partial charge < -0.3 is 14.7 Å². The molecule has 0 spiro atoms. The van der Waals surface area contributed by atoms with Gasteiger partial charge in [0.15, 0.2) is 0 Å². The van der Waals surface area contributed by atoms with Crippen molar-refractivity contribution in [3.05, 3.63) is 29.3 Å². The number of rotatable bonds is 3. The van der Waals surface area contributed by atoms with Crippen LogP contribution < -0.4 is 4.74 Å². The Morgan fingerprint density at radius 1 is 1.22 bits per heavy atom. The fraction of sp³-hybridized carbons (Fsp3) is 0.556. The standard InChI is InChI=1S/C18H23NO4/c1-23-16-6-5-12-7-8-19(11-15(12)10-16)17(20)13-3-2-4-14(9-13)18(21)22/h5-6,10,13-14H,2-4,7-9,11H2,1H3,(H,21,22). The highest BCUT2D eigenvalue weighted by atomic mass is 16.5. The van der Waals surface area contributed by atoms with Crippen LogP contribution in [0.15, 0.2) is 18.2 Å². The minimum Gasteiger partial charge on any atom is -0.497 e. The highest BCUT2D eigenvalue weighted by Gasteiger charge is 2.34. The lowest BCUT2D eigenvalue weighted by Crippen LogP contribution is -2.41. The molecule has 1 aliphatic heterocycles. The maximum absolute atomic E-state index is 12.8. The molecule has 1 aromatic rings. The van der Waals surface area contributed by atoms with Gasteiger partial charge in [0.05, 0.1) is 13.0 Å². The first-order valence-electron chi connectivity index (χ1n) is 8.26. The van der Waals surface area contributed by atoms with Crippen LogP contribution in [0.25, 0.3) is 0 Å². The van der Waals surface area contributed by atoms with Crippen LogP contribution in [0.1, 0.15) is 36.8 Å². The van der Waals surface area contributed by atoms with E-state index in [1.807, 2.05) is 17.0 Å². The molecule has 0 bridgehead atoms. The summed E-state index contributed by atoms with van der Waals surface area (Å²) in [5.74, 6) is -0.353. The van der Waals surface area contributed by atoms with Crippen molar-refractivity contribution in [1.82, 2.24) is 4.90 Å². The van der Waals surface area contributed by atoms with Crippen molar-refractivity contribution < 1.29 is 19.4 Å². The van der Waals surface area contributed by atoms with Crippen molar-refractivity contribution in [1.29, 1.82) is 0 Å². The Hall–Kier alpha value is -2.04. The summed E-state index contributed by atoms with van der Waals surface area (Å²) < 4.78 is 5.26. The van der Waals surface area contributed by atoms with Crippen molar-refractivity contribution in [3.63, 3.8) is 0 Å². The fourth-order valence-electron chi connectivity index (χ4n) is 3.75. The smallest absolute Gasteiger partial charge is 0.306 e. The molecule has 1 N–H and O–H groups in total. The molecule has 1 saturated carbocycles. The number of amides is 1. The second-order valence-electron chi connectivity index (χ2n) is 6.54. The summed E-state index contributed by atoms with van der Waals surface area (Å²) in [7, 11) is 1.64. The summed E-state index contributed by atoms with van der Waals surface area (Å²) in [6.45, 7) is 1.31. The fourth-order valence-corrected chi connectivity index (χ4v) is 3.75. The first-order valence-corrected chi connectivity index (χ1v) is 8.26. The van der Waals surface area contributed by atoms with E-state index in [1.54, 1.807) is 7.11 Å². The molecule has 0 aromatic heterocycles. The molecule has 5 nitrogen and oxygen atoms in total. The predicted molar refractivity (Wildman–Crippen MR) is 85.2 cm³/mol. The van der Waals surface area contributed by atoms with Gasteiger partial charge in [-0.05, 0) is 48.9 Å². The first kappa shape index (κ1) is 15.8. The van der Waals surface area contributed by atoms with Crippen LogP contribution in [0.3, 0.4) is 0 Å². The molecular weight excluding hydrogens is 294 g/mol. The van der Waals surface area contributed by atoms with E-state index < -0.39 is 5.97 Å². The topological polar surface area (TPSA) is 66.8 Å². The van der Waals surface area contributed by atoms with Crippen molar-refractivity contribution in [2.75, 3.05) is 13.7 Å². The number of carbonyl (C=O) groups excluding carboxylic acids is 1. The van der Waals surface area contributed by atoms with Gasteiger partial charge in [0.25, 0.3) is 0 Å². The third kappa shape index (κ3) is 3.33. The molecule has 23 heavy (non-hydrogen) atoms. The quantitative estimate of drug-likeness (QED) is 0.930. The van der Waals surface area contributed by atoms with Gasteiger partial charge in [-0.1, -0.05) is 12.5 Å². The average molecular weight is 317 g/mol. The molecule has 2 atom stereocenters. The summed E-state index contributed by atoms with van der Waals surface area (Å²) in [4.78, 5) is 25.9. The summed E-state index contributed by atoms with van der Waals surface area (Å²) in [5, 5.41) is 9.20. The highest BCUT2D eigenvalue weighted by Crippen LogP contribution is 2.32. The summed E-state index contributed by atoms with van der Waals surface area (Å²) in [6, 6.07) is 6.02. The second-order valence-corrected chi connectivity index (χ2v) is 6.54. The molecule has 1 aliphatic carbocycles. The lowest BCUT2D eigenvalue weighted by molar-refractivity contribution is -0.145. The van der Waals surface area contributed by atoms with E-state index >= 15 is 0 Å². The Morgan fingerprint density at radius 3 is 2.74 bits per heavy atom. The SMILES string of the molecule is COc1ccc2c(c1)CN(C(=O)C1CCCC(C(=O)O)C1)CC2. The maximum Gasteiger partial charge on any atom is 0.306 e. The van der Waals surface area contributed by atoms with E-state index in [4.69, 9.17) is 4.74 Å². The highest BCUT2D eigenvalue weighted by molar-refractivity contribution is 5.80. The number of fused-ring (bicyclic) bond motifs is 1. The number of carbonyl (C=O) groups is 2. The lowest BCUT2D eigenvalue weighted by atomic mass is 9.80. The number of hydrogen-bond acceptors (Lipinski definition) is 3. The van der Waals surface area contributed by atoms with Gasteiger partial charge in [-0.2, -0.15) is 0 Å². The number of ether oxygens (including phenoxy) is 1. The zero-order valence-electron chi connectivity index (χ0n) is 13.5. The van der Waals surface area contributed by atoms with Crippen LogP contribution in [0.5, 0.6) is 5.75 Å². The number of methoxy groups -OCH3 is 1. The normalized spacial score (nSPS) is 24.0. The molecule has 1 heterocycles. The van der Waals surface area contributed by atoms with Crippen LogP contribution in [-0.4, -0.2) is 35.5 Å². The first-order chi connectivity index (χ1) is 11.1. The lowest BCUT2D eigenvalue weighted by Gasteiger charge is -2.34. The Bertz CT molecular complexity index is 613. The molecule has 0 saturated heterocycles. The van der Waals surface area contributed by atoms with Gasteiger partial charge in [0, 0.05) is 19.0 Å². The largest absolute Gasteiger partial charge is 0.497 e. The third-order valence-electron chi connectivity index (χ3n) is 5.11. The number of aliphatic carboxylic acids is 1. The van der Waals surface area contributed by atoms with Crippen LogP contribution in [0.4, 0.5) is 0 Å². The number of hydrogen-bond donors (Lipinski definition) is 1. The van der Waals surface area contributed by atoms with Crippen LogP contribution in [-0.2, 0) is 22.6 Å². The maximum atomic E-state index is 12.8. The minimum absolute atomic E-state index is 0.115. The molecule has 2 aliphatic rings. The number of carboxylic acids is 1. The number of nitrogens with zero attached hydrogens (tertiary/aromatic N) is 1. The molecule has 5 heteroatoms. The van der Waals surface area contributed by atoms with Crippen molar-refractivity contribution in [3.8, 4) is 5.75 Å². The second kappa shape index (κ2) is 6.60. The molecule has 1 fully saturated rings. The van der Waals surface area contributed by atoms with Gasteiger partial charge in [0.1, 0.15) is 5.75 Å². The van der Waals surface area contributed by atoms with Crippen LogP contribution >= 0.6 is 0 Å². The Labute approximate surface area is 136 Å². The predicted octanol–water partition coefficient (Wildman–Crippen LogP) is 2.47. The van der Waals surface area contributed by atoms with Crippen LogP contribution in [0.2, 0.25) is 0 Å². The number of carboxylic acid groups (broad SMARTS) is 1. The summed E-state index contributed by atoms with van der Waals surface area (Å²) in [6.07, 6.45) is 3.66. The van der Waals surface area contributed by atoms with Crippen molar-refractivity contribution in [2.45, 2.75) is 38.6 Å². The van der Waals surface area contributed by atoms with Gasteiger partial charge in [-0.15, -0.1) is 0 Å². The molecule has 0 radical (unpaired) electrons. The summed E-state index contributed by atoms with van der Waals surface area (Å²) in [5.41, 5.74) is 2.40. The van der Waals surface area contributed by atoms with Gasteiger partial charge in [-0.25, -0.2) is 0 Å². The monoisotopic (exact) mass is 317 g/mol. The van der Waals surface area contributed by atoms with E-state index in [9.17, 15) is 14.7 Å². The molecular formula is C18H23NO4.